The van der Waals surface area contributed by atoms with Crippen molar-refractivity contribution in [2.45, 2.75) is 6.92 Å². The van der Waals surface area contributed by atoms with Crippen LogP contribution in [0.15, 0.2) is 18.2 Å². The van der Waals surface area contributed by atoms with Crippen LogP contribution in [0.4, 0.5) is 0 Å². The SMILES string of the molecule is CC(=O)c1cccc(C=O)n1. The molecule has 0 aliphatic carbocycles. The smallest absolute Gasteiger partial charge is 0.178 e. The normalized spacial score (nSPS) is 9.18. The number of Topliss-reactive ketones (excluding diaryl/α,β-unsaturated/α-hetero) is 1. The lowest BCUT2D eigenvalue weighted by Crippen LogP contribution is -1.98. The van der Waals surface area contributed by atoms with Crippen molar-refractivity contribution >= 4 is 12.1 Å². The van der Waals surface area contributed by atoms with Crippen LogP contribution < -0.4 is 0 Å². The Labute approximate surface area is 64.1 Å². The van der Waals surface area contributed by atoms with E-state index in [0.717, 1.165) is 0 Å². The average molecular weight is 149 g/mol. The van der Waals surface area contributed by atoms with E-state index in [0.29, 0.717) is 12.0 Å². The van der Waals surface area contributed by atoms with Crippen LogP contribution in [0.3, 0.4) is 0 Å². The third kappa shape index (κ3) is 1.70. The van der Waals surface area contributed by atoms with Crippen molar-refractivity contribution in [3.63, 3.8) is 0 Å². The van der Waals surface area contributed by atoms with E-state index >= 15 is 0 Å². The first kappa shape index (κ1) is 7.60. The fourth-order valence-electron chi connectivity index (χ4n) is 0.713. The number of hydrogen-bond donors (Lipinski definition) is 0. The van der Waals surface area contributed by atoms with Crippen molar-refractivity contribution in [1.82, 2.24) is 4.98 Å². The van der Waals surface area contributed by atoms with Crippen LogP contribution in [0.2, 0.25) is 0 Å². The highest BCUT2D eigenvalue weighted by molar-refractivity contribution is 5.92. The molecule has 3 nitrogen and oxygen atoms in total. The first-order chi connectivity index (χ1) is 5.24. The summed E-state index contributed by atoms with van der Waals surface area (Å²) in [5.74, 6) is -0.131. The zero-order chi connectivity index (χ0) is 8.27. The zero-order valence-corrected chi connectivity index (χ0v) is 6.07. The van der Waals surface area contributed by atoms with Crippen molar-refractivity contribution < 1.29 is 9.59 Å². The number of aldehydes is 1. The van der Waals surface area contributed by atoms with Gasteiger partial charge in [-0.3, -0.25) is 9.59 Å². The Bertz CT molecular complexity index is 294. The predicted octanol–water partition coefficient (Wildman–Crippen LogP) is 1.10. The summed E-state index contributed by atoms with van der Waals surface area (Å²) in [6.07, 6.45) is 0.617. The molecule has 1 rings (SSSR count). The number of nitrogens with zero attached hydrogens (tertiary/aromatic N) is 1. The van der Waals surface area contributed by atoms with Crippen molar-refractivity contribution in [2.75, 3.05) is 0 Å². The first-order valence-corrected chi connectivity index (χ1v) is 3.17. The molecule has 0 amide bonds. The monoisotopic (exact) mass is 149 g/mol. The number of hydrogen-bond acceptors (Lipinski definition) is 3. The lowest BCUT2D eigenvalue weighted by Gasteiger charge is -1.93. The molecule has 1 aromatic heterocycles. The molecule has 0 radical (unpaired) electrons. The second kappa shape index (κ2) is 3.05. The Morgan fingerprint density at radius 2 is 2.27 bits per heavy atom. The Balaban J connectivity index is 3.10. The van der Waals surface area contributed by atoms with Gasteiger partial charge in [-0.2, -0.15) is 0 Å². The van der Waals surface area contributed by atoms with Crippen molar-refractivity contribution in [3.8, 4) is 0 Å². The molecule has 0 aliphatic rings. The molecule has 1 aromatic rings. The van der Waals surface area contributed by atoms with Crippen LogP contribution in [0.25, 0.3) is 0 Å². The van der Waals surface area contributed by atoms with E-state index in [1.54, 1.807) is 18.2 Å². The van der Waals surface area contributed by atoms with Gasteiger partial charge < -0.3 is 0 Å². The van der Waals surface area contributed by atoms with E-state index in [-0.39, 0.29) is 11.5 Å². The largest absolute Gasteiger partial charge is 0.296 e. The van der Waals surface area contributed by atoms with E-state index in [9.17, 15) is 9.59 Å². The summed E-state index contributed by atoms with van der Waals surface area (Å²) in [5.41, 5.74) is 0.618. The fraction of sp³-hybridized carbons (Fsp3) is 0.125. The van der Waals surface area contributed by atoms with Crippen molar-refractivity contribution in [2.24, 2.45) is 0 Å². The van der Waals surface area contributed by atoms with Crippen LogP contribution >= 0.6 is 0 Å². The number of pyridine rings is 1. The van der Waals surface area contributed by atoms with Gasteiger partial charge in [0, 0.05) is 6.92 Å². The van der Waals surface area contributed by atoms with Gasteiger partial charge in [-0.15, -0.1) is 0 Å². The van der Waals surface area contributed by atoms with E-state index < -0.39 is 0 Å². The van der Waals surface area contributed by atoms with Crippen LogP contribution in [0.5, 0.6) is 0 Å². The number of ketones is 1. The summed E-state index contributed by atoms with van der Waals surface area (Å²) in [6, 6.07) is 4.77. The fourth-order valence-corrected chi connectivity index (χ4v) is 0.713. The number of aromatic nitrogens is 1. The third-order valence-electron chi connectivity index (χ3n) is 1.25. The Morgan fingerprint density at radius 1 is 1.55 bits per heavy atom. The topological polar surface area (TPSA) is 47.0 Å². The molecule has 56 valence electrons. The molecule has 0 atom stereocenters. The molecular weight excluding hydrogens is 142 g/mol. The molecule has 0 bridgehead atoms. The molecule has 0 aromatic carbocycles. The van der Waals surface area contributed by atoms with Crippen LogP contribution in [0, 0.1) is 0 Å². The van der Waals surface area contributed by atoms with Gasteiger partial charge in [0.15, 0.2) is 12.1 Å². The minimum Gasteiger partial charge on any atom is -0.296 e. The molecule has 0 saturated carbocycles. The quantitative estimate of drug-likeness (QED) is 0.467. The van der Waals surface area contributed by atoms with Crippen LogP contribution in [-0.4, -0.2) is 17.1 Å². The lowest BCUT2D eigenvalue weighted by molar-refractivity contribution is 0.101. The van der Waals surface area contributed by atoms with E-state index in [4.69, 9.17) is 0 Å². The Morgan fingerprint density at radius 3 is 2.82 bits per heavy atom. The lowest BCUT2D eigenvalue weighted by atomic mass is 10.2. The summed E-state index contributed by atoms with van der Waals surface area (Å²) in [6.45, 7) is 1.41. The molecule has 1 heterocycles. The van der Waals surface area contributed by atoms with Crippen molar-refractivity contribution in [1.29, 1.82) is 0 Å². The van der Waals surface area contributed by atoms with Gasteiger partial charge in [0.25, 0.3) is 0 Å². The van der Waals surface area contributed by atoms with E-state index in [1.165, 1.54) is 6.92 Å². The van der Waals surface area contributed by atoms with E-state index in [2.05, 4.69) is 4.98 Å². The average Bonchev–Trinajstić information content (AvgIpc) is 2.05. The maximum atomic E-state index is 10.7. The highest BCUT2D eigenvalue weighted by Crippen LogP contribution is 1.97. The summed E-state index contributed by atoms with van der Waals surface area (Å²) in [5, 5.41) is 0. The molecule has 0 saturated heterocycles. The van der Waals surface area contributed by atoms with Crippen LogP contribution in [-0.2, 0) is 0 Å². The maximum absolute atomic E-state index is 10.7. The molecule has 3 heteroatoms. The molecule has 0 aliphatic heterocycles. The van der Waals surface area contributed by atoms with Gasteiger partial charge in [-0.05, 0) is 12.1 Å². The summed E-state index contributed by atoms with van der Waals surface area (Å²) in [7, 11) is 0. The standard InChI is InChI=1S/C8H7NO2/c1-6(11)8-4-2-3-7(5-10)9-8/h2-5H,1H3. The number of rotatable bonds is 2. The summed E-state index contributed by atoms with van der Waals surface area (Å²) >= 11 is 0. The highest BCUT2D eigenvalue weighted by Gasteiger charge is 1.99. The van der Waals surface area contributed by atoms with Gasteiger partial charge in [0.05, 0.1) is 0 Å². The molecule has 0 fully saturated rings. The summed E-state index contributed by atoms with van der Waals surface area (Å²) < 4.78 is 0. The highest BCUT2D eigenvalue weighted by atomic mass is 16.1. The Kier molecular flexibility index (Phi) is 2.11. The Hall–Kier alpha value is -1.51. The van der Waals surface area contributed by atoms with Gasteiger partial charge in [0.2, 0.25) is 0 Å². The molecule has 11 heavy (non-hydrogen) atoms. The van der Waals surface area contributed by atoms with Gasteiger partial charge in [-0.1, -0.05) is 6.07 Å². The second-order valence-electron chi connectivity index (χ2n) is 2.12. The maximum Gasteiger partial charge on any atom is 0.178 e. The first-order valence-electron chi connectivity index (χ1n) is 3.17. The minimum atomic E-state index is -0.131. The van der Waals surface area contributed by atoms with E-state index in [1.807, 2.05) is 0 Å². The van der Waals surface area contributed by atoms with Gasteiger partial charge in [0.1, 0.15) is 11.4 Å². The second-order valence-corrected chi connectivity index (χ2v) is 2.12. The number of carbonyl (C=O) groups excluding carboxylic acids is 2. The molecule has 0 N–H and O–H groups in total. The van der Waals surface area contributed by atoms with Gasteiger partial charge >= 0.3 is 0 Å². The molecule has 0 spiro atoms. The number of carbonyl (C=O) groups is 2. The summed E-state index contributed by atoms with van der Waals surface area (Å²) in [4.78, 5) is 24.7. The van der Waals surface area contributed by atoms with Crippen LogP contribution in [0.1, 0.15) is 27.9 Å². The third-order valence-corrected chi connectivity index (χ3v) is 1.25. The zero-order valence-electron chi connectivity index (χ0n) is 6.07. The van der Waals surface area contributed by atoms with Gasteiger partial charge in [-0.25, -0.2) is 4.98 Å². The minimum absolute atomic E-state index is 0.131. The molecule has 0 unspecified atom stereocenters. The van der Waals surface area contributed by atoms with Crippen molar-refractivity contribution in [3.05, 3.63) is 29.6 Å². The molecular formula is C8H7NO2. The predicted molar refractivity (Wildman–Crippen MR) is 39.6 cm³/mol.